The minimum Gasteiger partial charge on any atom is -0.368 e. The Morgan fingerprint density at radius 3 is 2.60 bits per heavy atom. The first-order valence-electron chi connectivity index (χ1n) is 8.43. The van der Waals surface area contributed by atoms with Gasteiger partial charge in [0.2, 0.25) is 5.91 Å². The number of nitrogens with zero attached hydrogens (tertiary/aromatic N) is 1. The van der Waals surface area contributed by atoms with Crippen LogP contribution in [0.5, 0.6) is 0 Å². The van der Waals surface area contributed by atoms with Gasteiger partial charge in [-0.15, -0.1) is 0 Å². The van der Waals surface area contributed by atoms with Crippen molar-refractivity contribution in [2.45, 2.75) is 70.4 Å². The van der Waals surface area contributed by atoms with Crippen LogP contribution in [0.1, 0.15) is 58.8 Å². The molecule has 1 saturated heterocycles. The van der Waals surface area contributed by atoms with E-state index in [4.69, 9.17) is 5.73 Å². The lowest BCUT2D eigenvalue weighted by atomic mass is 9.88. The lowest BCUT2D eigenvalue weighted by Crippen LogP contribution is -2.64. The molecule has 2 fully saturated rings. The van der Waals surface area contributed by atoms with Crippen LogP contribution in [-0.2, 0) is 4.79 Å². The summed E-state index contributed by atoms with van der Waals surface area (Å²) in [7, 11) is 0. The minimum atomic E-state index is -0.485. The number of nitrogens with two attached hydrogens (primary N) is 1. The average Bonchev–Trinajstić information content (AvgIpc) is 3.28. The van der Waals surface area contributed by atoms with Gasteiger partial charge in [-0.05, 0) is 57.5 Å². The van der Waals surface area contributed by atoms with E-state index in [-0.39, 0.29) is 5.91 Å². The van der Waals surface area contributed by atoms with Crippen molar-refractivity contribution < 1.29 is 4.79 Å². The highest BCUT2D eigenvalue weighted by molar-refractivity contribution is 5.86. The lowest BCUT2D eigenvalue weighted by Gasteiger charge is -2.42. The van der Waals surface area contributed by atoms with Crippen LogP contribution >= 0.6 is 0 Å². The summed E-state index contributed by atoms with van der Waals surface area (Å²) in [4.78, 5) is 14.7. The molecular formula is C16H31N3O. The predicted molar refractivity (Wildman–Crippen MR) is 82.4 cm³/mol. The molecule has 2 atom stereocenters. The van der Waals surface area contributed by atoms with E-state index in [1.807, 2.05) is 0 Å². The maximum atomic E-state index is 12.2. The Kier molecular flexibility index (Phi) is 5.44. The van der Waals surface area contributed by atoms with E-state index < -0.39 is 5.54 Å². The standard InChI is InChI=1S/C16H31N3O/c1-3-10-18-16(15(17)20,13-8-9-13)12-19-11-6-5-7-14(19)4-2/h13-14,18H,3-12H2,1-2H3,(H2,17,20). The van der Waals surface area contributed by atoms with Crippen molar-refractivity contribution in [2.24, 2.45) is 11.7 Å². The zero-order valence-corrected chi connectivity index (χ0v) is 13.2. The number of likely N-dealkylation sites (tertiary alicyclic amines) is 1. The van der Waals surface area contributed by atoms with Crippen molar-refractivity contribution in [2.75, 3.05) is 19.6 Å². The molecule has 2 unspecified atom stereocenters. The second-order valence-electron chi connectivity index (χ2n) is 6.56. The molecule has 4 heteroatoms. The van der Waals surface area contributed by atoms with Crippen LogP contribution in [0.2, 0.25) is 0 Å². The fourth-order valence-electron chi connectivity index (χ4n) is 3.67. The molecule has 20 heavy (non-hydrogen) atoms. The Labute approximate surface area is 123 Å². The molecule has 2 rings (SSSR count). The summed E-state index contributed by atoms with van der Waals surface area (Å²) in [6, 6.07) is 0.629. The van der Waals surface area contributed by atoms with Gasteiger partial charge in [0.15, 0.2) is 0 Å². The Morgan fingerprint density at radius 1 is 1.30 bits per heavy atom. The summed E-state index contributed by atoms with van der Waals surface area (Å²) < 4.78 is 0. The molecule has 0 aromatic heterocycles. The van der Waals surface area contributed by atoms with Crippen LogP contribution in [0.4, 0.5) is 0 Å². The topological polar surface area (TPSA) is 58.4 Å². The minimum absolute atomic E-state index is 0.145. The molecule has 1 heterocycles. The second-order valence-corrected chi connectivity index (χ2v) is 6.56. The highest BCUT2D eigenvalue weighted by Crippen LogP contribution is 2.41. The molecule has 1 saturated carbocycles. The van der Waals surface area contributed by atoms with E-state index in [1.165, 1.54) is 25.7 Å². The van der Waals surface area contributed by atoms with Gasteiger partial charge in [0.05, 0.1) is 0 Å². The third-order valence-corrected chi connectivity index (χ3v) is 5.08. The molecule has 0 spiro atoms. The second kappa shape index (κ2) is 6.90. The number of carbonyl (C=O) groups excluding carboxylic acids is 1. The zero-order chi connectivity index (χ0) is 14.6. The Balaban J connectivity index is 2.11. The summed E-state index contributed by atoms with van der Waals surface area (Å²) >= 11 is 0. The van der Waals surface area contributed by atoms with E-state index in [0.29, 0.717) is 12.0 Å². The molecule has 3 N–H and O–H groups in total. The molecule has 4 nitrogen and oxygen atoms in total. The van der Waals surface area contributed by atoms with Gasteiger partial charge < -0.3 is 11.1 Å². The third kappa shape index (κ3) is 3.34. The SMILES string of the molecule is CCCNC(CN1CCCCC1CC)(C(N)=O)C1CC1. The summed E-state index contributed by atoms with van der Waals surface area (Å²) in [6.45, 7) is 7.20. The zero-order valence-electron chi connectivity index (χ0n) is 13.2. The van der Waals surface area contributed by atoms with Crippen LogP contribution in [0.3, 0.4) is 0 Å². The monoisotopic (exact) mass is 281 g/mol. The maximum Gasteiger partial charge on any atom is 0.239 e. The van der Waals surface area contributed by atoms with Crippen LogP contribution in [-0.4, -0.2) is 42.0 Å². The molecule has 1 aliphatic heterocycles. The summed E-state index contributed by atoms with van der Waals surface area (Å²) in [5.41, 5.74) is 5.34. The Hall–Kier alpha value is -0.610. The quantitative estimate of drug-likeness (QED) is 0.714. The number of rotatable bonds is 8. The molecule has 0 aromatic carbocycles. The molecule has 1 amide bonds. The van der Waals surface area contributed by atoms with Crippen molar-refractivity contribution in [3.05, 3.63) is 0 Å². The highest BCUT2D eigenvalue weighted by atomic mass is 16.1. The normalized spacial score (nSPS) is 27.2. The van der Waals surface area contributed by atoms with Gasteiger partial charge in [-0.1, -0.05) is 20.3 Å². The van der Waals surface area contributed by atoms with Gasteiger partial charge in [0.1, 0.15) is 5.54 Å². The predicted octanol–water partition coefficient (Wildman–Crippen LogP) is 1.88. The van der Waals surface area contributed by atoms with E-state index >= 15 is 0 Å². The fraction of sp³-hybridized carbons (Fsp3) is 0.938. The molecule has 116 valence electrons. The van der Waals surface area contributed by atoms with E-state index in [2.05, 4.69) is 24.1 Å². The van der Waals surface area contributed by atoms with Gasteiger partial charge in [0.25, 0.3) is 0 Å². The summed E-state index contributed by atoms with van der Waals surface area (Å²) in [5.74, 6) is 0.305. The molecule has 1 aliphatic carbocycles. The maximum absolute atomic E-state index is 12.2. The molecule has 2 aliphatic rings. The number of amides is 1. The smallest absolute Gasteiger partial charge is 0.239 e. The Bertz CT molecular complexity index is 330. The van der Waals surface area contributed by atoms with E-state index in [1.54, 1.807) is 0 Å². The average molecular weight is 281 g/mol. The number of piperidine rings is 1. The van der Waals surface area contributed by atoms with Crippen LogP contribution < -0.4 is 11.1 Å². The van der Waals surface area contributed by atoms with Gasteiger partial charge in [-0.25, -0.2) is 0 Å². The number of hydrogen-bond donors (Lipinski definition) is 2. The van der Waals surface area contributed by atoms with Crippen LogP contribution in [0.25, 0.3) is 0 Å². The molecular weight excluding hydrogens is 250 g/mol. The lowest BCUT2D eigenvalue weighted by molar-refractivity contribution is -0.126. The highest BCUT2D eigenvalue weighted by Gasteiger charge is 2.50. The fourth-order valence-corrected chi connectivity index (χ4v) is 3.67. The summed E-state index contributed by atoms with van der Waals surface area (Å²) in [5, 5.41) is 3.52. The Morgan fingerprint density at radius 2 is 2.05 bits per heavy atom. The van der Waals surface area contributed by atoms with E-state index in [9.17, 15) is 4.79 Å². The first kappa shape index (κ1) is 15.8. The number of hydrogen-bond acceptors (Lipinski definition) is 3. The van der Waals surface area contributed by atoms with Crippen molar-refractivity contribution in [3.8, 4) is 0 Å². The molecule has 0 aromatic rings. The van der Waals surface area contributed by atoms with Gasteiger partial charge in [0, 0.05) is 12.6 Å². The van der Waals surface area contributed by atoms with Crippen LogP contribution in [0.15, 0.2) is 0 Å². The van der Waals surface area contributed by atoms with Crippen molar-refractivity contribution in [3.63, 3.8) is 0 Å². The van der Waals surface area contributed by atoms with Crippen molar-refractivity contribution in [1.29, 1.82) is 0 Å². The number of carbonyl (C=O) groups is 1. The number of nitrogens with one attached hydrogen (secondary N) is 1. The molecule has 0 bridgehead atoms. The van der Waals surface area contributed by atoms with E-state index in [0.717, 1.165) is 38.9 Å². The first-order valence-corrected chi connectivity index (χ1v) is 8.43. The van der Waals surface area contributed by atoms with Crippen LogP contribution in [0, 0.1) is 5.92 Å². The van der Waals surface area contributed by atoms with Gasteiger partial charge in [-0.3, -0.25) is 9.69 Å². The summed E-state index contributed by atoms with van der Waals surface area (Å²) in [6.07, 6.45) is 8.35. The van der Waals surface area contributed by atoms with Crippen molar-refractivity contribution >= 4 is 5.91 Å². The van der Waals surface area contributed by atoms with Gasteiger partial charge >= 0.3 is 0 Å². The third-order valence-electron chi connectivity index (χ3n) is 5.08. The van der Waals surface area contributed by atoms with Crippen molar-refractivity contribution in [1.82, 2.24) is 10.2 Å². The first-order chi connectivity index (χ1) is 9.64. The number of primary amides is 1. The van der Waals surface area contributed by atoms with Gasteiger partial charge in [-0.2, -0.15) is 0 Å². The largest absolute Gasteiger partial charge is 0.368 e. The molecule has 0 radical (unpaired) electrons.